The quantitative estimate of drug-likeness (QED) is 0.605. The van der Waals surface area contributed by atoms with Crippen molar-refractivity contribution in [2.24, 2.45) is 0 Å². The molecule has 0 bridgehead atoms. The zero-order valence-electron chi connectivity index (χ0n) is 15.8. The molecule has 3 rings (SSSR count). The van der Waals surface area contributed by atoms with E-state index in [0.29, 0.717) is 35.7 Å². The Hall–Kier alpha value is -2.44. The van der Waals surface area contributed by atoms with Gasteiger partial charge in [0.1, 0.15) is 0 Å². The minimum Gasteiger partial charge on any atom is -0.356 e. The van der Waals surface area contributed by atoms with E-state index in [0.717, 1.165) is 16.8 Å². The molecule has 5 nitrogen and oxygen atoms in total. The van der Waals surface area contributed by atoms with Gasteiger partial charge < -0.3 is 4.52 Å². The van der Waals surface area contributed by atoms with Gasteiger partial charge in [0.05, 0.1) is 10.6 Å². The second-order valence-corrected chi connectivity index (χ2v) is 8.33. The fourth-order valence-corrected chi connectivity index (χ4v) is 4.79. The molecule has 0 aliphatic carbocycles. The molecule has 0 N–H and O–H groups in total. The van der Waals surface area contributed by atoms with Crippen LogP contribution >= 0.6 is 0 Å². The lowest BCUT2D eigenvalue weighted by Gasteiger charge is -2.22. The Bertz CT molecular complexity index is 1010. The molecule has 0 aliphatic heterocycles. The largest absolute Gasteiger partial charge is 0.356 e. The number of nitrogens with zero attached hydrogens (tertiary/aromatic N) is 2. The topological polar surface area (TPSA) is 63.4 Å². The highest BCUT2D eigenvalue weighted by Crippen LogP contribution is 2.29. The average Bonchev–Trinajstić information content (AvgIpc) is 3.12. The molecule has 0 saturated heterocycles. The SMILES string of the molecule is CCc1ccc(-c2cc(C)no2)cc1S(=O)(=O)N(CC)Cc1ccccc1. The maximum atomic E-state index is 13.4. The van der Waals surface area contributed by atoms with E-state index in [4.69, 9.17) is 4.52 Å². The fraction of sp³-hybridized carbons (Fsp3) is 0.286. The van der Waals surface area contributed by atoms with Crippen molar-refractivity contribution in [3.63, 3.8) is 0 Å². The van der Waals surface area contributed by atoms with Crippen LogP contribution in [-0.2, 0) is 23.0 Å². The normalized spacial score (nSPS) is 11.9. The molecular weight excluding hydrogens is 360 g/mol. The number of sulfonamides is 1. The van der Waals surface area contributed by atoms with Gasteiger partial charge >= 0.3 is 0 Å². The van der Waals surface area contributed by atoms with Crippen molar-refractivity contribution in [2.75, 3.05) is 6.54 Å². The summed E-state index contributed by atoms with van der Waals surface area (Å²) in [6.07, 6.45) is 0.632. The summed E-state index contributed by atoms with van der Waals surface area (Å²) < 4.78 is 33.7. The van der Waals surface area contributed by atoms with Gasteiger partial charge in [-0.1, -0.05) is 61.5 Å². The smallest absolute Gasteiger partial charge is 0.243 e. The molecule has 1 aromatic heterocycles. The van der Waals surface area contributed by atoms with E-state index in [1.165, 1.54) is 4.31 Å². The predicted octanol–water partition coefficient (Wildman–Crippen LogP) is 4.42. The minimum absolute atomic E-state index is 0.328. The molecule has 3 aromatic rings. The van der Waals surface area contributed by atoms with Gasteiger partial charge in [-0.2, -0.15) is 4.31 Å². The third-order valence-electron chi connectivity index (χ3n) is 4.53. The van der Waals surface area contributed by atoms with E-state index < -0.39 is 10.0 Å². The van der Waals surface area contributed by atoms with E-state index in [1.807, 2.05) is 63.2 Å². The highest BCUT2D eigenvalue weighted by molar-refractivity contribution is 7.89. The molecule has 0 atom stereocenters. The van der Waals surface area contributed by atoms with Crippen molar-refractivity contribution >= 4 is 10.0 Å². The zero-order valence-corrected chi connectivity index (χ0v) is 16.7. The summed E-state index contributed by atoms with van der Waals surface area (Å²) in [5.74, 6) is 0.567. The highest BCUT2D eigenvalue weighted by Gasteiger charge is 2.26. The van der Waals surface area contributed by atoms with Gasteiger partial charge in [0.25, 0.3) is 0 Å². The van der Waals surface area contributed by atoms with Crippen LogP contribution in [0, 0.1) is 6.92 Å². The maximum absolute atomic E-state index is 13.4. The Morgan fingerprint density at radius 3 is 2.37 bits per heavy atom. The first-order chi connectivity index (χ1) is 13.0. The first-order valence-electron chi connectivity index (χ1n) is 9.06. The zero-order chi connectivity index (χ0) is 19.4. The monoisotopic (exact) mass is 384 g/mol. The summed E-state index contributed by atoms with van der Waals surface area (Å²) in [7, 11) is -3.64. The molecule has 0 amide bonds. The Balaban J connectivity index is 2.03. The van der Waals surface area contributed by atoms with Crippen molar-refractivity contribution in [1.29, 1.82) is 0 Å². The molecular formula is C21H24N2O3S. The number of aryl methyl sites for hydroxylation is 2. The van der Waals surface area contributed by atoms with Crippen LogP contribution in [0.15, 0.2) is 64.0 Å². The van der Waals surface area contributed by atoms with Gasteiger partial charge in [0.2, 0.25) is 10.0 Å². The maximum Gasteiger partial charge on any atom is 0.243 e. The first kappa shape index (κ1) is 19.3. The van der Waals surface area contributed by atoms with Crippen LogP contribution in [0.5, 0.6) is 0 Å². The van der Waals surface area contributed by atoms with Crippen molar-refractivity contribution in [2.45, 2.75) is 38.6 Å². The lowest BCUT2D eigenvalue weighted by Crippen LogP contribution is -2.31. The molecule has 0 unspecified atom stereocenters. The number of rotatable bonds is 7. The second kappa shape index (κ2) is 8.06. The van der Waals surface area contributed by atoms with Gasteiger partial charge in [0.15, 0.2) is 5.76 Å². The van der Waals surface area contributed by atoms with Crippen LogP contribution in [0.25, 0.3) is 11.3 Å². The minimum atomic E-state index is -3.64. The van der Waals surface area contributed by atoms with Gasteiger partial charge in [-0.15, -0.1) is 0 Å². The van der Waals surface area contributed by atoms with Gasteiger partial charge in [0, 0.05) is 24.7 Å². The summed E-state index contributed by atoms with van der Waals surface area (Å²) in [5, 5.41) is 3.90. The molecule has 27 heavy (non-hydrogen) atoms. The summed E-state index contributed by atoms with van der Waals surface area (Å²) in [5.41, 5.74) is 3.22. The molecule has 0 saturated carbocycles. The van der Waals surface area contributed by atoms with Crippen molar-refractivity contribution in [1.82, 2.24) is 9.46 Å². The third-order valence-corrected chi connectivity index (χ3v) is 6.54. The van der Waals surface area contributed by atoms with Crippen molar-refractivity contribution in [3.8, 4) is 11.3 Å². The molecule has 2 aromatic carbocycles. The Kier molecular flexibility index (Phi) is 5.77. The van der Waals surface area contributed by atoms with Crippen LogP contribution in [0.3, 0.4) is 0 Å². The summed E-state index contributed by atoms with van der Waals surface area (Å²) in [6, 6.07) is 16.9. The van der Waals surface area contributed by atoms with E-state index in [9.17, 15) is 8.42 Å². The third kappa shape index (κ3) is 4.12. The molecule has 142 valence electrons. The van der Waals surface area contributed by atoms with E-state index in [-0.39, 0.29) is 0 Å². The van der Waals surface area contributed by atoms with Crippen molar-refractivity contribution in [3.05, 3.63) is 71.4 Å². The Morgan fingerprint density at radius 2 is 1.78 bits per heavy atom. The summed E-state index contributed by atoms with van der Waals surface area (Å²) in [4.78, 5) is 0.328. The highest BCUT2D eigenvalue weighted by atomic mass is 32.2. The Labute approximate surface area is 160 Å². The van der Waals surface area contributed by atoms with Crippen LogP contribution < -0.4 is 0 Å². The van der Waals surface area contributed by atoms with Crippen LogP contribution in [0.2, 0.25) is 0 Å². The van der Waals surface area contributed by atoms with Gasteiger partial charge in [-0.3, -0.25) is 0 Å². The molecule has 0 fully saturated rings. The lowest BCUT2D eigenvalue weighted by atomic mass is 10.1. The molecule has 1 heterocycles. The molecule has 0 radical (unpaired) electrons. The average molecular weight is 385 g/mol. The lowest BCUT2D eigenvalue weighted by molar-refractivity contribution is 0.422. The van der Waals surface area contributed by atoms with E-state index in [2.05, 4.69) is 5.16 Å². The van der Waals surface area contributed by atoms with Gasteiger partial charge in [-0.25, -0.2) is 8.42 Å². The van der Waals surface area contributed by atoms with Crippen molar-refractivity contribution < 1.29 is 12.9 Å². The number of aromatic nitrogens is 1. The van der Waals surface area contributed by atoms with E-state index in [1.54, 1.807) is 12.1 Å². The first-order valence-corrected chi connectivity index (χ1v) is 10.5. The fourth-order valence-electron chi connectivity index (χ4n) is 3.03. The van der Waals surface area contributed by atoms with Crippen LogP contribution in [0.1, 0.15) is 30.7 Å². The van der Waals surface area contributed by atoms with Gasteiger partial charge in [-0.05, 0) is 30.5 Å². The molecule has 0 spiro atoms. The standard InChI is InChI=1S/C21H24N2O3S/c1-4-18-11-12-19(20-13-16(3)22-26-20)14-21(18)27(24,25)23(5-2)15-17-9-7-6-8-10-17/h6-14H,4-5,15H2,1-3H3. The predicted molar refractivity (Wildman–Crippen MR) is 106 cm³/mol. The molecule has 0 aliphatic rings. The number of hydrogen-bond acceptors (Lipinski definition) is 4. The van der Waals surface area contributed by atoms with Crippen LogP contribution in [0.4, 0.5) is 0 Å². The second-order valence-electron chi connectivity index (χ2n) is 6.43. The molecule has 6 heteroatoms. The number of hydrogen-bond donors (Lipinski definition) is 0. The Morgan fingerprint density at radius 1 is 1.04 bits per heavy atom. The summed E-state index contributed by atoms with van der Waals surface area (Å²) >= 11 is 0. The number of benzene rings is 2. The van der Waals surface area contributed by atoms with E-state index >= 15 is 0 Å². The summed E-state index contributed by atoms with van der Waals surface area (Å²) in [6.45, 7) is 6.39. The van der Waals surface area contributed by atoms with Crippen LogP contribution in [-0.4, -0.2) is 24.4 Å².